The van der Waals surface area contributed by atoms with Crippen molar-refractivity contribution in [1.82, 2.24) is 0 Å². The van der Waals surface area contributed by atoms with Gasteiger partial charge in [-0.05, 0) is 36.8 Å². The fourth-order valence-electron chi connectivity index (χ4n) is 2.60. The van der Waals surface area contributed by atoms with Gasteiger partial charge in [-0.15, -0.1) is 0 Å². The molecule has 0 bridgehead atoms. The van der Waals surface area contributed by atoms with Crippen LogP contribution in [0.4, 0.5) is 0 Å². The van der Waals surface area contributed by atoms with E-state index in [1.807, 2.05) is 13.0 Å². The fourth-order valence-corrected chi connectivity index (χ4v) is 2.60. The topological polar surface area (TPSA) is 43.4 Å². The third-order valence-corrected chi connectivity index (χ3v) is 3.31. The Morgan fingerprint density at radius 1 is 1.44 bits per heavy atom. The summed E-state index contributed by atoms with van der Waals surface area (Å²) in [6.45, 7) is 2.01. The summed E-state index contributed by atoms with van der Waals surface area (Å²) >= 11 is 0. The normalized spacial score (nSPS) is 25.0. The van der Waals surface area contributed by atoms with Crippen molar-refractivity contribution in [2.75, 3.05) is 7.11 Å². The molecule has 0 saturated carbocycles. The van der Waals surface area contributed by atoms with Gasteiger partial charge in [0, 0.05) is 17.6 Å². The van der Waals surface area contributed by atoms with Crippen LogP contribution in [0.3, 0.4) is 0 Å². The van der Waals surface area contributed by atoms with Gasteiger partial charge in [0.25, 0.3) is 0 Å². The van der Waals surface area contributed by atoms with E-state index >= 15 is 0 Å². The highest BCUT2D eigenvalue weighted by molar-refractivity contribution is 6.00. The molecule has 0 fully saturated rings. The van der Waals surface area contributed by atoms with Gasteiger partial charge in [0.15, 0.2) is 5.78 Å². The highest BCUT2D eigenvalue weighted by atomic mass is 16.5. The smallest absolute Gasteiger partial charge is 0.333 e. The van der Waals surface area contributed by atoms with E-state index in [4.69, 9.17) is 4.74 Å². The zero-order valence-corrected chi connectivity index (χ0v) is 9.71. The molecule has 0 aromatic heterocycles. The third-order valence-electron chi connectivity index (χ3n) is 3.31. The number of rotatable bonds is 1. The summed E-state index contributed by atoms with van der Waals surface area (Å²) in [7, 11) is 1.39. The van der Waals surface area contributed by atoms with Crippen LogP contribution in [0.2, 0.25) is 0 Å². The molecule has 0 saturated heterocycles. The van der Waals surface area contributed by atoms with Crippen molar-refractivity contribution < 1.29 is 14.3 Å². The first-order chi connectivity index (χ1) is 7.63. The predicted molar refractivity (Wildman–Crippen MR) is 59.8 cm³/mol. The number of hydrogen-bond acceptors (Lipinski definition) is 3. The number of carbonyl (C=O) groups excluding carboxylic acids is 2. The fraction of sp³-hybridized carbons (Fsp3) is 0.538. The number of esters is 1. The minimum Gasteiger partial charge on any atom is -0.466 e. The van der Waals surface area contributed by atoms with Crippen LogP contribution in [-0.2, 0) is 14.3 Å². The summed E-state index contributed by atoms with van der Waals surface area (Å²) in [4.78, 5) is 23.3. The van der Waals surface area contributed by atoms with Gasteiger partial charge in [-0.25, -0.2) is 4.79 Å². The molecule has 2 aliphatic carbocycles. The molecular formula is C13H16O3. The van der Waals surface area contributed by atoms with E-state index in [2.05, 4.69) is 0 Å². The molecule has 16 heavy (non-hydrogen) atoms. The Labute approximate surface area is 95.2 Å². The van der Waals surface area contributed by atoms with Crippen molar-refractivity contribution >= 4 is 11.8 Å². The Morgan fingerprint density at radius 2 is 2.19 bits per heavy atom. The average Bonchev–Trinajstić information content (AvgIpc) is 2.27. The largest absolute Gasteiger partial charge is 0.466 e. The van der Waals surface area contributed by atoms with Crippen molar-refractivity contribution in [3.8, 4) is 0 Å². The van der Waals surface area contributed by atoms with Crippen LogP contribution in [0.5, 0.6) is 0 Å². The highest BCUT2D eigenvalue weighted by Gasteiger charge is 2.30. The minimum atomic E-state index is -0.267. The van der Waals surface area contributed by atoms with Crippen LogP contribution in [0.25, 0.3) is 0 Å². The van der Waals surface area contributed by atoms with Crippen LogP contribution < -0.4 is 0 Å². The molecule has 0 aromatic rings. The first kappa shape index (κ1) is 11.1. The molecule has 3 heteroatoms. The van der Waals surface area contributed by atoms with Crippen molar-refractivity contribution in [1.29, 1.82) is 0 Å². The molecule has 2 aliphatic rings. The van der Waals surface area contributed by atoms with E-state index in [-0.39, 0.29) is 17.7 Å². The molecule has 0 aliphatic heterocycles. The van der Waals surface area contributed by atoms with E-state index in [0.717, 1.165) is 24.0 Å². The molecule has 0 amide bonds. The SMILES string of the molecule is COC(=O)C1=CC2=C(C(=O)CCC2)C(C)C1. The lowest BCUT2D eigenvalue weighted by Crippen LogP contribution is -2.23. The Balaban J connectivity index is 2.37. The standard InChI is InChI=1S/C13H16O3/c1-8-6-10(13(15)16-2)7-9-4-3-5-11(14)12(8)9/h7-8H,3-6H2,1-2H3. The lowest BCUT2D eigenvalue weighted by atomic mass is 9.77. The summed E-state index contributed by atoms with van der Waals surface area (Å²) in [6.07, 6.45) is 4.95. The van der Waals surface area contributed by atoms with Gasteiger partial charge < -0.3 is 4.74 Å². The summed E-state index contributed by atoms with van der Waals surface area (Å²) in [5, 5.41) is 0. The quantitative estimate of drug-likeness (QED) is 0.636. The molecule has 0 spiro atoms. The third kappa shape index (κ3) is 1.82. The number of ketones is 1. The maximum absolute atomic E-state index is 11.8. The summed E-state index contributed by atoms with van der Waals surface area (Å²) in [5.41, 5.74) is 2.69. The zero-order valence-electron chi connectivity index (χ0n) is 9.71. The second-order valence-electron chi connectivity index (χ2n) is 4.48. The maximum atomic E-state index is 11.8. The molecule has 1 atom stereocenters. The molecule has 0 radical (unpaired) electrons. The molecule has 86 valence electrons. The van der Waals surface area contributed by atoms with Crippen LogP contribution in [-0.4, -0.2) is 18.9 Å². The molecule has 3 nitrogen and oxygen atoms in total. The lowest BCUT2D eigenvalue weighted by molar-refractivity contribution is -0.136. The number of methoxy groups -OCH3 is 1. The number of allylic oxidation sites excluding steroid dienone is 3. The number of carbonyl (C=O) groups is 2. The van der Waals surface area contributed by atoms with Gasteiger partial charge in [-0.2, -0.15) is 0 Å². The molecule has 0 N–H and O–H groups in total. The second kappa shape index (κ2) is 4.24. The lowest BCUT2D eigenvalue weighted by Gasteiger charge is -2.27. The minimum absolute atomic E-state index is 0.155. The summed E-state index contributed by atoms with van der Waals surface area (Å²) in [6, 6.07) is 0. The second-order valence-corrected chi connectivity index (χ2v) is 4.48. The van der Waals surface area contributed by atoms with Crippen molar-refractivity contribution in [3.63, 3.8) is 0 Å². The van der Waals surface area contributed by atoms with Gasteiger partial charge in [0.05, 0.1) is 7.11 Å². The number of Topliss-reactive ketones (excluding diaryl/α,β-unsaturated/α-hetero) is 1. The summed E-state index contributed by atoms with van der Waals surface area (Å²) in [5.74, 6) is 0.146. The van der Waals surface area contributed by atoms with E-state index in [9.17, 15) is 9.59 Å². The number of hydrogen-bond donors (Lipinski definition) is 0. The van der Waals surface area contributed by atoms with Crippen molar-refractivity contribution in [2.45, 2.75) is 32.6 Å². The summed E-state index contributed by atoms with van der Waals surface area (Å²) < 4.78 is 4.73. The maximum Gasteiger partial charge on any atom is 0.333 e. The van der Waals surface area contributed by atoms with Gasteiger partial charge in [-0.3, -0.25) is 4.79 Å². The average molecular weight is 220 g/mol. The molecule has 0 heterocycles. The molecule has 0 aromatic carbocycles. The van der Waals surface area contributed by atoms with E-state index < -0.39 is 0 Å². The molecule has 2 rings (SSSR count). The Kier molecular flexibility index (Phi) is 2.95. The zero-order chi connectivity index (χ0) is 11.7. The van der Waals surface area contributed by atoms with Gasteiger partial charge in [-0.1, -0.05) is 6.92 Å². The van der Waals surface area contributed by atoms with E-state index in [1.165, 1.54) is 7.11 Å². The van der Waals surface area contributed by atoms with Gasteiger partial charge >= 0.3 is 5.97 Å². The molecule has 1 unspecified atom stereocenters. The van der Waals surface area contributed by atoms with Crippen molar-refractivity contribution in [2.24, 2.45) is 5.92 Å². The number of ether oxygens (including phenoxy) is 1. The van der Waals surface area contributed by atoms with Gasteiger partial charge in [0.1, 0.15) is 0 Å². The van der Waals surface area contributed by atoms with Gasteiger partial charge in [0.2, 0.25) is 0 Å². The monoisotopic (exact) mass is 220 g/mol. The first-order valence-corrected chi connectivity index (χ1v) is 5.68. The Morgan fingerprint density at radius 3 is 2.88 bits per heavy atom. The highest BCUT2D eigenvalue weighted by Crippen LogP contribution is 2.36. The predicted octanol–water partition coefficient (Wildman–Crippen LogP) is 2.18. The molecular weight excluding hydrogens is 204 g/mol. The Hall–Kier alpha value is -1.38. The van der Waals surface area contributed by atoms with Crippen LogP contribution in [0.15, 0.2) is 22.8 Å². The van der Waals surface area contributed by atoms with Crippen molar-refractivity contribution in [3.05, 3.63) is 22.8 Å². The van der Waals surface area contributed by atoms with Crippen LogP contribution in [0.1, 0.15) is 32.6 Å². The van der Waals surface area contributed by atoms with Crippen LogP contribution in [0, 0.1) is 5.92 Å². The van der Waals surface area contributed by atoms with E-state index in [1.54, 1.807) is 0 Å². The van der Waals surface area contributed by atoms with Crippen LogP contribution >= 0.6 is 0 Å². The Bertz CT molecular complexity index is 401. The van der Waals surface area contributed by atoms with E-state index in [0.29, 0.717) is 18.4 Å². The first-order valence-electron chi connectivity index (χ1n) is 5.68.